The van der Waals surface area contributed by atoms with Crippen LogP contribution in [0.2, 0.25) is 0 Å². The topological polar surface area (TPSA) is 52.5 Å². The molecule has 3 heteroatoms. The Morgan fingerprint density at radius 2 is 2.33 bits per heavy atom. The summed E-state index contributed by atoms with van der Waals surface area (Å²) < 4.78 is 0. The molecule has 1 aliphatic heterocycles. The number of aliphatic hydroxyl groups is 2. The van der Waals surface area contributed by atoms with Crippen LogP contribution in [0.15, 0.2) is 0 Å². The minimum atomic E-state index is -0.276. The van der Waals surface area contributed by atoms with Gasteiger partial charge in [0.25, 0.3) is 0 Å². The molecule has 3 nitrogen and oxygen atoms in total. The first-order valence-electron chi connectivity index (χ1n) is 3.29. The van der Waals surface area contributed by atoms with E-state index in [1.807, 2.05) is 6.92 Å². The van der Waals surface area contributed by atoms with Gasteiger partial charge in [0.15, 0.2) is 0 Å². The summed E-state index contributed by atoms with van der Waals surface area (Å²) in [5.74, 6) is 0. The lowest BCUT2D eigenvalue weighted by Gasteiger charge is -2.06. The zero-order chi connectivity index (χ0) is 6.85. The van der Waals surface area contributed by atoms with E-state index in [0.29, 0.717) is 6.42 Å². The molecule has 1 aliphatic rings. The number of nitrogens with one attached hydrogen (secondary N) is 1. The van der Waals surface area contributed by atoms with Crippen LogP contribution in [0.4, 0.5) is 0 Å². The van der Waals surface area contributed by atoms with Gasteiger partial charge in [-0.15, -0.1) is 0 Å². The predicted molar refractivity (Wildman–Crippen MR) is 34.1 cm³/mol. The number of hydrogen-bond acceptors (Lipinski definition) is 3. The second-order valence-electron chi connectivity index (χ2n) is 2.64. The molecule has 0 bridgehead atoms. The van der Waals surface area contributed by atoms with E-state index < -0.39 is 0 Å². The molecule has 0 radical (unpaired) electrons. The van der Waals surface area contributed by atoms with Crippen LogP contribution < -0.4 is 5.32 Å². The van der Waals surface area contributed by atoms with Crippen LogP contribution in [0, 0.1) is 0 Å². The highest BCUT2D eigenvalue weighted by Gasteiger charge is 2.27. The van der Waals surface area contributed by atoms with Crippen molar-refractivity contribution in [1.82, 2.24) is 5.32 Å². The molecule has 0 saturated carbocycles. The fourth-order valence-corrected chi connectivity index (χ4v) is 1.17. The maximum atomic E-state index is 9.13. The second-order valence-corrected chi connectivity index (χ2v) is 2.64. The van der Waals surface area contributed by atoms with E-state index in [-0.39, 0.29) is 24.8 Å². The predicted octanol–water partition coefficient (Wildman–Crippen LogP) is -0.910. The Kier molecular flexibility index (Phi) is 2.05. The molecule has 1 rings (SSSR count). The molecule has 54 valence electrons. The van der Waals surface area contributed by atoms with Crippen molar-refractivity contribution in [3.05, 3.63) is 0 Å². The van der Waals surface area contributed by atoms with Crippen molar-refractivity contribution >= 4 is 0 Å². The molecule has 0 aromatic rings. The van der Waals surface area contributed by atoms with Crippen LogP contribution in [0.3, 0.4) is 0 Å². The van der Waals surface area contributed by atoms with Crippen molar-refractivity contribution < 1.29 is 10.2 Å². The average Bonchev–Trinajstić information content (AvgIpc) is 2.13. The van der Waals surface area contributed by atoms with Gasteiger partial charge in [-0.25, -0.2) is 0 Å². The lowest BCUT2D eigenvalue weighted by Crippen LogP contribution is -2.31. The van der Waals surface area contributed by atoms with Crippen LogP contribution in [-0.2, 0) is 0 Å². The maximum absolute atomic E-state index is 9.13. The van der Waals surface area contributed by atoms with Crippen molar-refractivity contribution in [2.45, 2.75) is 31.5 Å². The van der Waals surface area contributed by atoms with E-state index in [2.05, 4.69) is 5.32 Å². The molecule has 0 aliphatic carbocycles. The minimum absolute atomic E-state index is 0.106. The van der Waals surface area contributed by atoms with Crippen LogP contribution >= 0.6 is 0 Å². The SMILES string of the molecule is CC1NC(CO)C[C@H]1O. The lowest BCUT2D eigenvalue weighted by molar-refractivity contribution is 0.161. The minimum Gasteiger partial charge on any atom is -0.395 e. The molecule has 3 N–H and O–H groups in total. The van der Waals surface area contributed by atoms with Gasteiger partial charge in [0.2, 0.25) is 0 Å². The fourth-order valence-electron chi connectivity index (χ4n) is 1.17. The zero-order valence-corrected chi connectivity index (χ0v) is 5.54. The summed E-state index contributed by atoms with van der Waals surface area (Å²) in [4.78, 5) is 0. The molecule has 0 aromatic carbocycles. The van der Waals surface area contributed by atoms with Crippen LogP contribution in [0.1, 0.15) is 13.3 Å². The first kappa shape index (κ1) is 6.99. The summed E-state index contributed by atoms with van der Waals surface area (Å²) in [6, 6.07) is 0.247. The van der Waals surface area contributed by atoms with Crippen LogP contribution in [0.5, 0.6) is 0 Å². The quantitative estimate of drug-likeness (QED) is 0.432. The molecule has 1 saturated heterocycles. The highest BCUT2D eigenvalue weighted by molar-refractivity contribution is 4.87. The second kappa shape index (κ2) is 2.64. The fraction of sp³-hybridized carbons (Fsp3) is 1.00. The molecule has 0 aromatic heterocycles. The Labute approximate surface area is 54.7 Å². The van der Waals surface area contributed by atoms with Gasteiger partial charge in [-0.2, -0.15) is 0 Å². The number of hydrogen-bond donors (Lipinski definition) is 3. The molecule has 1 fully saturated rings. The van der Waals surface area contributed by atoms with Crippen molar-refractivity contribution in [3.8, 4) is 0 Å². The number of rotatable bonds is 1. The third kappa shape index (κ3) is 1.41. The molecular weight excluding hydrogens is 118 g/mol. The normalized spacial score (nSPS) is 43.7. The van der Waals surface area contributed by atoms with Gasteiger partial charge < -0.3 is 15.5 Å². The summed E-state index contributed by atoms with van der Waals surface area (Å²) in [6.07, 6.45) is 0.402. The highest BCUT2D eigenvalue weighted by atomic mass is 16.3. The van der Waals surface area contributed by atoms with Crippen molar-refractivity contribution in [3.63, 3.8) is 0 Å². The summed E-state index contributed by atoms with van der Waals surface area (Å²) in [7, 11) is 0. The summed E-state index contributed by atoms with van der Waals surface area (Å²) in [5, 5.41) is 20.8. The molecule has 0 amide bonds. The summed E-state index contributed by atoms with van der Waals surface area (Å²) >= 11 is 0. The molecule has 3 atom stereocenters. The third-order valence-electron chi connectivity index (χ3n) is 1.82. The Balaban J connectivity index is 2.35. The van der Waals surface area contributed by atoms with Crippen LogP contribution in [0.25, 0.3) is 0 Å². The Hall–Kier alpha value is -0.120. The van der Waals surface area contributed by atoms with Gasteiger partial charge in [-0.05, 0) is 13.3 Å². The molecule has 2 unspecified atom stereocenters. The summed E-state index contributed by atoms with van der Waals surface area (Å²) in [6.45, 7) is 2.04. The van der Waals surface area contributed by atoms with Gasteiger partial charge in [0.05, 0.1) is 12.7 Å². The molecular formula is C6H13NO2. The molecule has 0 spiro atoms. The van der Waals surface area contributed by atoms with Crippen molar-refractivity contribution in [2.75, 3.05) is 6.61 Å². The van der Waals surface area contributed by atoms with E-state index in [4.69, 9.17) is 10.2 Å². The standard InChI is InChI=1S/C6H13NO2/c1-4-6(9)2-5(3-8)7-4/h4-9H,2-3H2,1H3/t4?,5?,6-/m1/s1. The van der Waals surface area contributed by atoms with E-state index >= 15 is 0 Å². The Morgan fingerprint density at radius 3 is 2.56 bits per heavy atom. The first-order valence-corrected chi connectivity index (χ1v) is 3.29. The average molecular weight is 131 g/mol. The zero-order valence-electron chi connectivity index (χ0n) is 5.54. The molecule has 1 heterocycles. The number of aliphatic hydroxyl groups excluding tert-OH is 2. The maximum Gasteiger partial charge on any atom is 0.0706 e. The van der Waals surface area contributed by atoms with Crippen molar-refractivity contribution in [1.29, 1.82) is 0 Å². The van der Waals surface area contributed by atoms with E-state index in [1.54, 1.807) is 0 Å². The van der Waals surface area contributed by atoms with E-state index in [1.165, 1.54) is 0 Å². The van der Waals surface area contributed by atoms with Crippen molar-refractivity contribution in [2.24, 2.45) is 0 Å². The van der Waals surface area contributed by atoms with Gasteiger partial charge in [0, 0.05) is 12.1 Å². The largest absolute Gasteiger partial charge is 0.395 e. The van der Waals surface area contributed by atoms with E-state index in [0.717, 1.165) is 0 Å². The third-order valence-corrected chi connectivity index (χ3v) is 1.82. The van der Waals surface area contributed by atoms with Gasteiger partial charge in [0.1, 0.15) is 0 Å². The molecule has 9 heavy (non-hydrogen) atoms. The smallest absolute Gasteiger partial charge is 0.0706 e. The van der Waals surface area contributed by atoms with Crippen LogP contribution in [-0.4, -0.2) is 35.0 Å². The monoisotopic (exact) mass is 131 g/mol. The Bertz CT molecular complexity index is 87.1. The van der Waals surface area contributed by atoms with E-state index in [9.17, 15) is 0 Å². The van der Waals surface area contributed by atoms with Gasteiger partial charge >= 0.3 is 0 Å². The highest BCUT2D eigenvalue weighted by Crippen LogP contribution is 2.11. The Morgan fingerprint density at radius 1 is 1.67 bits per heavy atom. The lowest BCUT2D eigenvalue weighted by atomic mass is 10.2. The van der Waals surface area contributed by atoms with Gasteiger partial charge in [-0.1, -0.05) is 0 Å². The summed E-state index contributed by atoms with van der Waals surface area (Å²) in [5.41, 5.74) is 0. The van der Waals surface area contributed by atoms with Gasteiger partial charge in [-0.3, -0.25) is 0 Å². The first-order chi connectivity index (χ1) is 4.24.